The second kappa shape index (κ2) is 5.49. The van der Waals surface area contributed by atoms with Gasteiger partial charge in [0.1, 0.15) is 0 Å². The number of nitrogens with one attached hydrogen (secondary N) is 2. The second-order valence-corrected chi connectivity index (χ2v) is 6.36. The first kappa shape index (κ1) is 15.0. The van der Waals surface area contributed by atoms with E-state index in [0.29, 0.717) is 29.2 Å². The third-order valence-corrected chi connectivity index (χ3v) is 4.80. The first-order chi connectivity index (χ1) is 11.5. The summed E-state index contributed by atoms with van der Waals surface area (Å²) in [4.78, 5) is 27.1. The molecule has 2 aromatic heterocycles. The Hall–Kier alpha value is -2.60. The summed E-state index contributed by atoms with van der Waals surface area (Å²) in [5.74, 6) is -0.460. The van der Waals surface area contributed by atoms with E-state index in [9.17, 15) is 9.59 Å². The predicted molar refractivity (Wildman–Crippen MR) is 92.1 cm³/mol. The highest BCUT2D eigenvalue weighted by Gasteiger charge is 2.28. The topological polar surface area (TPSA) is 79.8 Å². The molecule has 4 rings (SSSR count). The van der Waals surface area contributed by atoms with Crippen LogP contribution in [-0.4, -0.2) is 27.2 Å². The van der Waals surface area contributed by atoms with Gasteiger partial charge in [-0.2, -0.15) is 5.10 Å². The maximum atomic E-state index is 12.4. The quantitative estimate of drug-likeness (QED) is 0.749. The molecule has 6 nitrogen and oxygen atoms in total. The van der Waals surface area contributed by atoms with E-state index in [0.717, 1.165) is 16.5 Å². The lowest BCUT2D eigenvalue weighted by Crippen LogP contribution is -2.23. The molecule has 1 aliphatic heterocycles. The van der Waals surface area contributed by atoms with E-state index >= 15 is 0 Å². The van der Waals surface area contributed by atoms with Crippen LogP contribution in [0.1, 0.15) is 17.9 Å². The Kier molecular flexibility index (Phi) is 3.42. The van der Waals surface area contributed by atoms with Crippen molar-refractivity contribution in [2.24, 2.45) is 7.05 Å². The van der Waals surface area contributed by atoms with Crippen LogP contribution >= 0.6 is 11.6 Å². The van der Waals surface area contributed by atoms with Crippen molar-refractivity contribution in [2.45, 2.75) is 12.3 Å². The van der Waals surface area contributed by atoms with Crippen LogP contribution in [0, 0.1) is 0 Å². The van der Waals surface area contributed by atoms with Crippen LogP contribution in [0.2, 0.25) is 5.02 Å². The molecule has 1 fully saturated rings. The molecule has 24 heavy (non-hydrogen) atoms. The van der Waals surface area contributed by atoms with Gasteiger partial charge in [0.2, 0.25) is 5.91 Å². The average molecular weight is 343 g/mol. The number of pyridine rings is 1. The van der Waals surface area contributed by atoms with Gasteiger partial charge in [-0.1, -0.05) is 17.7 Å². The van der Waals surface area contributed by atoms with E-state index in [1.807, 2.05) is 19.2 Å². The standard InChI is InChI=1S/C17H15ClN4O2/c1-22-15-7-9(6-13(18)12(15)8-20-22)14-3-2-10(17(24)21-14)11-4-5-19-16(11)23/h2-3,6-8,11H,4-5H2,1H3,(H,19,23)(H,21,24). The van der Waals surface area contributed by atoms with Crippen LogP contribution in [0.3, 0.4) is 0 Å². The minimum atomic E-state index is -0.369. The number of aromatic amines is 1. The molecule has 122 valence electrons. The number of amides is 1. The number of aryl methyl sites for hydroxylation is 1. The van der Waals surface area contributed by atoms with Crippen molar-refractivity contribution < 1.29 is 4.79 Å². The van der Waals surface area contributed by atoms with Crippen LogP contribution in [0.15, 0.2) is 35.3 Å². The number of hydrogen-bond donors (Lipinski definition) is 2. The lowest BCUT2D eigenvalue weighted by molar-refractivity contribution is -0.120. The molecule has 0 spiro atoms. The molecular weight excluding hydrogens is 328 g/mol. The third-order valence-electron chi connectivity index (χ3n) is 4.49. The van der Waals surface area contributed by atoms with Gasteiger partial charge in [0.15, 0.2) is 0 Å². The lowest BCUT2D eigenvalue weighted by Gasteiger charge is -2.09. The molecule has 3 heterocycles. The van der Waals surface area contributed by atoms with Gasteiger partial charge in [0.05, 0.1) is 22.7 Å². The number of benzene rings is 1. The van der Waals surface area contributed by atoms with E-state index < -0.39 is 0 Å². The van der Waals surface area contributed by atoms with Gasteiger partial charge in [0, 0.05) is 35.8 Å². The third kappa shape index (κ3) is 2.30. The van der Waals surface area contributed by atoms with Gasteiger partial charge in [-0.25, -0.2) is 0 Å². The molecule has 1 atom stereocenters. The monoisotopic (exact) mass is 342 g/mol. The van der Waals surface area contributed by atoms with Crippen molar-refractivity contribution in [2.75, 3.05) is 6.54 Å². The summed E-state index contributed by atoms with van der Waals surface area (Å²) in [5, 5.41) is 8.40. The average Bonchev–Trinajstić information content (AvgIpc) is 3.14. The maximum absolute atomic E-state index is 12.4. The van der Waals surface area contributed by atoms with E-state index in [4.69, 9.17) is 11.6 Å². The number of H-pyrrole nitrogens is 1. The molecule has 0 bridgehead atoms. The molecule has 7 heteroatoms. The predicted octanol–water partition coefficient (Wildman–Crippen LogP) is 2.19. The number of halogens is 1. The van der Waals surface area contributed by atoms with Gasteiger partial charge in [0.25, 0.3) is 5.56 Å². The summed E-state index contributed by atoms with van der Waals surface area (Å²) in [7, 11) is 1.84. The SMILES string of the molecule is Cn1ncc2c(Cl)cc(-c3ccc(C4CCNC4=O)c(=O)[nH]3)cc21. The first-order valence-corrected chi connectivity index (χ1v) is 8.05. The number of carbonyl (C=O) groups is 1. The normalized spacial score (nSPS) is 17.4. The van der Waals surface area contributed by atoms with Crippen molar-refractivity contribution in [1.29, 1.82) is 0 Å². The smallest absolute Gasteiger partial charge is 0.252 e. The van der Waals surface area contributed by atoms with Crippen LogP contribution in [-0.2, 0) is 11.8 Å². The number of rotatable bonds is 2. The Labute approximate surface area is 142 Å². The minimum Gasteiger partial charge on any atom is -0.356 e. The summed E-state index contributed by atoms with van der Waals surface area (Å²) in [6.45, 7) is 0.609. The lowest BCUT2D eigenvalue weighted by atomic mass is 9.98. The molecule has 2 N–H and O–H groups in total. The van der Waals surface area contributed by atoms with Crippen molar-refractivity contribution in [3.05, 3.63) is 51.4 Å². The Morgan fingerprint density at radius 2 is 2.12 bits per heavy atom. The zero-order chi connectivity index (χ0) is 16.8. The number of fused-ring (bicyclic) bond motifs is 1. The molecule has 1 amide bonds. The zero-order valence-electron chi connectivity index (χ0n) is 13.0. The fourth-order valence-corrected chi connectivity index (χ4v) is 3.44. The Morgan fingerprint density at radius 3 is 2.83 bits per heavy atom. The van der Waals surface area contributed by atoms with Crippen LogP contribution in [0.25, 0.3) is 22.2 Å². The van der Waals surface area contributed by atoms with Crippen molar-refractivity contribution in [1.82, 2.24) is 20.1 Å². The number of carbonyl (C=O) groups excluding carboxylic acids is 1. The number of hydrogen-bond acceptors (Lipinski definition) is 3. The van der Waals surface area contributed by atoms with Crippen molar-refractivity contribution in [3.8, 4) is 11.3 Å². The zero-order valence-corrected chi connectivity index (χ0v) is 13.7. The molecule has 1 unspecified atom stereocenters. The van der Waals surface area contributed by atoms with Gasteiger partial charge in [-0.15, -0.1) is 0 Å². The van der Waals surface area contributed by atoms with E-state index in [2.05, 4.69) is 15.4 Å². The Morgan fingerprint density at radius 1 is 1.29 bits per heavy atom. The van der Waals surface area contributed by atoms with Gasteiger partial charge in [-0.05, 0) is 24.6 Å². The summed E-state index contributed by atoms with van der Waals surface area (Å²) in [6.07, 6.45) is 2.36. The van der Waals surface area contributed by atoms with E-state index in [1.54, 1.807) is 23.0 Å². The van der Waals surface area contributed by atoms with Crippen LogP contribution in [0.5, 0.6) is 0 Å². The summed E-state index contributed by atoms with van der Waals surface area (Å²) >= 11 is 6.32. The van der Waals surface area contributed by atoms with Crippen LogP contribution < -0.4 is 10.9 Å². The maximum Gasteiger partial charge on any atom is 0.252 e. The molecule has 0 saturated carbocycles. The van der Waals surface area contributed by atoms with Crippen molar-refractivity contribution in [3.63, 3.8) is 0 Å². The molecular formula is C17H15ClN4O2. The molecule has 3 aromatic rings. The van der Waals surface area contributed by atoms with Gasteiger partial charge >= 0.3 is 0 Å². The summed E-state index contributed by atoms with van der Waals surface area (Å²) in [5.41, 5.74) is 2.61. The Bertz CT molecular complexity index is 1020. The highest BCUT2D eigenvalue weighted by atomic mass is 35.5. The molecule has 1 saturated heterocycles. The fraction of sp³-hybridized carbons (Fsp3) is 0.235. The van der Waals surface area contributed by atoms with Gasteiger partial charge in [-0.3, -0.25) is 14.3 Å². The number of aromatic nitrogens is 3. The highest BCUT2D eigenvalue weighted by Crippen LogP contribution is 2.30. The summed E-state index contributed by atoms with van der Waals surface area (Å²) in [6, 6.07) is 7.28. The second-order valence-electron chi connectivity index (χ2n) is 5.95. The molecule has 1 aliphatic rings. The molecule has 1 aromatic carbocycles. The number of nitrogens with zero attached hydrogens (tertiary/aromatic N) is 2. The van der Waals surface area contributed by atoms with E-state index in [-0.39, 0.29) is 17.4 Å². The summed E-state index contributed by atoms with van der Waals surface area (Å²) < 4.78 is 1.74. The van der Waals surface area contributed by atoms with Gasteiger partial charge < -0.3 is 10.3 Å². The molecule has 0 radical (unpaired) electrons. The largest absolute Gasteiger partial charge is 0.356 e. The Balaban J connectivity index is 1.80. The minimum absolute atomic E-state index is 0.0902. The molecule has 0 aliphatic carbocycles. The highest BCUT2D eigenvalue weighted by molar-refractivity contribution is 6.35. The first-order valence-electron chi connectivity index (χ1n) is 7.67. The van der Waals surface area contributed by atoms with Crippen LogP contribution in [0.4, 0.5) is 0 Å². The van der Waals surface area contributed by atoms with Crippen molar-refractivity contribution >= 4 is 28.4 Å². The fourth-order valence-electron chi connectivity index (χ4n) is 3.18. The van der Waals surface area contributed by atoms with E-state index in [1.165, 1.54) is 0 Å².